The number of aromatic hydroxyl groups is 1. The Morgan fingerprint density at radius 3 is 3.08 bits per heavy atom. The van der Waals surface area contributed by atoms with Crippen LogP contribution in [0.25, 0.3) is 0 Å². The average molecular weight is 171 g/mol. The molecule has 1 rings (SSSR count). The van der Waals surface area contributed by atoms with Crippen LogP contribution in [0.3, 0.4) is 0 Å². The van der Waals surface area contributed by atoms with Crippen LogP contribution in [0.1, 0.15) is 17.2 Å². The molecule has 0 radical (unpaired) electrons. The van der Waals surface area contributed by atoms with Gasteiger partial charge in [0.1, 0.15) is 5.75 Å². The fourth-order valence-electron chi connectivity index (χ4n) is 0.810. The number of rotatable bonds is 3. The molecule has 1 atom stereocenters. The quantitative estimate of drug-likeness (QED) is 0.625. The van der Waals surface area contributed by atoms with E-state index in [0.717, 1.165) is 0 Å². The van der Waals surface area contributed by atoms with Gasteiger partial charge in [0.05, 0.1) is 11.6 Å². The first-order chi connectivity index (χ1) is 7.41. The van der Waals surface area contributed by atoms with Crippen molar-refractivity contribution in [3.05, 3.63) is 29.7 Å². The Morgan fingerprint density at radius 1 is 1.67 bits per heavy atom. The molecule has 1 aromatic rings. The number of phenolic OH excluding ortho intramolecular Hbond substituents is 1. The van der Waals surface area contributed by atoms with Gasteiger partial charge < -0.3 is 15.5 Å². The van der Waals surface area contributed by atoms with Gasteiger partial charge in [0, 0.05) is 6.54 Å². The van der Waals surface area contributed by atoms with Crippen molar-refractivity contribution in [2.75, 3.05) is 13.6 Å². The van der Waals surface area contributed by atoms with E-state index < -0.39 is 36.0 Å². The molecule has 0 bridgehead atoms. The van der Waals surface area contributed by atoms with Crippen molar-refractivity contribution in [1.82, 2.24) is 5.32 Å². The van der Waals surface area contributed by atoms with Crippen LogP contribution in [0, 0.1) is 0 Å². The van der Waals surface area contributed by atoms with E-state index >= 15 is 0 Å². The Kier molecular flexibility index (Phi) is 1.65. The second kappa shape index (κ2) is 4.09. The van der Waals surface area contributed by atoms with Crippen molar-refractivity contribution >= 4 is 0 Å². The topological polar surface area (TPSA) is 52.5 Å². The molecule has 66 valence electrons. The number of aliphatic hydroxyl groups is 1. The van der Waals surface area contributed by atoms with Gasteiger partial charge >= 0.3 is 0 Å². The van der Waals surface area contributed by atoms with Crippen molar-refractivity contribution in [3.8, 4) is 5.75 Å². The summed E-state index contributed by atoms with van der Waals surface area (Å²) < 4.78 is 29.8. The fourth-order valence-corrected chi connectivity index (χ4v) is 0.810. The minimum absolute atomic E-state index is 0.105. The number of hydrogen-bond donors (Lipinski definition) is 3. The molecule has 0 saturated heterocycles. The normalized spacial score (nSPS) is 17.5. The Hall–Kier alpha value is -1.06. The molecule has 0 amide bonds. The Labute approximate surface area is 77.3 Å². The van der Waals surface area contributed by atoms with E-state index in [4.69, 9.17) is 5.48 Å². The van der Waals surface area contributed by atoms with E-state index in [2.05, 4.69) is 5.32 Å². The summed E-state index contributed by atoms with van der Waals surface area (Å²) in [5.74, 6) is -0.675. The molecule has 0 fully saturated rings. The number of benzene rings is 1. The number of phenols is 1. The van der Waals surface area contributed by atoms with Crippen LogP contribution in [-0.4, -0.2) is 23.8 Å². The number of likely N-dealkylation sites (N-methyl/N-ethyl adjacent to an activating group) is 1. The maximum atomic E-state index is 9.66. The monoisotopic (exact) mass is 171 g/mol. The van der Waals surface area contributed by atoms with Crippen molar-refractivity contribution in [2.45, 2.75) is 6.10 Å². The summed E-state index contributed by atoms with van der Waals surface area (Å²) in [5, 5.41) is 21.7. The number of aliphatic hydroxyl groups excluding tert-OH is 1. The SMILES string of the molecule is [2H]c1c([2H])c(O)c([2H])c([C@H](O)CNC)c1[2H]. The smallest absolute Gasteiger partial charge is 0.115 e. The molecule has 12 heavy (non-hydrogen) atoms. The molecule has 0 saturated carbocycles. The van der Waals surface area contributed by atoms with Crippen molar-refractivity contribution < 1.29 is 15.7 Å². The van der Waals surface area contributed by atoms with E-state index in [-0.39, 0.29) is 12.1 Å². The van der Waals surface area contributed by atoms with Crippen LogP contribution >= 0.6 is 0 Å². The molecule has 3 heteroatoms. The summed E-state index contributed by atoms with van der Waals surface area (Å²) in [6.07, 6.45) is -1.15. The molecule has 0 aliphatic rings. The Morgan fingerprint density at radius 2 is 2.42 bits per heavy atom. The molecule has 3 N–H and O–H groups in total. The molecule has 0 unspecified atom stereocenters. The predicted molar refractivity (Wildman–Crippen MR) is 47.0 cm³/mol. The number of hydrogen-bond acceptors (Lipinski definition) is 3. The van der Waals surface area contributed by atoms with Crippen LogP contribution in [0.15, 0.2) is 24.2 Å². The Bertz CT molecular complexity index is 382. The highest BCUT2D eigenvalue weighted by atomic mass is 16.3. The minimum Gasteiger partial charge on any atom is -0.508 e. The zero-order valence-electron chi connectivity index (χ0n) is 10.7. The van der Waals surface area contributed by atoms with Gasteiger partial charge in [-0.3, -0.25) is 0 Å². The van der Waals surface area contributed by atoms with Crippen LogP contribution in [0.2, 0.25) is 0 Å². The largest absolute Gasteiger partial charge is 0.508 e. The second-order valence-electron chi connectivity index (χ2n) is 2.34. The van der Waals surface area contributed by atoms with Gasteiger partial charge in [-0.25, -0.2) is 0 Å². The lowest BCUT2D eigenvalue weighted by Gasteiger charge is -2.09. The molecule has 0 spiro atoms. The summed E-state index contributed by atoms with van der Waals surface area (Å²) in [5.41, 5.74) is -0.132. The van der Waals surface area contributed by atoms with Crippen molar-refractivity contribution in [3.63, 3.8) is 0 Å². The zero-order valence-corrected chi connectivity index (χ0v) is 6.68. The first-order valence-electron chi connectivity index (χ1n) is 5.53. The molecule has 1 aromatic carbocycles. The Balaban J connectivity index is 3.39. The van der Waals surface area contributed by atoms with Gasteiger partial charge in [-0.05, 0) is 24.7 Å². The standard InChI is InChI=1S/C9H13NO2/c1-10-6-9(12)7-3-2-4-8(11)5-7/h2-5,9-12H,6H2,1H3/t9-/m1/s1/i2D,3D,4D,5D. The van der Waals surface area contributed by atoms with Gasteiger partial charge in [0.25, 0.3) is 0 Å². The van der Waals surface area contributed by atoms with Crippen molar-refractivity contribution in [2.24, 2.45) is 0 Å². The third-order valence-corrected chi connectivity index (χ3v) is 1.36. The lowest BCUT2D eigenvalue weighted by atomic mass is 10.1. The maximum Gasteiger partial charge on any atom is 0.115 e. The van der Waals surface area contributed by atoms with Crippen LogP contribution in [0.4, 0.5) is 0 Å². The summed E-state index contributed by atoms with van der Waals surface area (Å²) in [7, 11) is 1.59. The third kappa shape index (κ3) is 2.22. The summed E-state index contributed by atoms with van der Waals surface area (Å²) in [4.78, 5) is 0. The van der Waals surface area contributed by atoms with E-state index in [9.17, 15) is 10.2 Å². The molecular formula is C9H13NO2. The first kappa shape index (κ1) is 4.84. The third-order valence-electron chi connectivity index (χ3n) is 1.36. The lowest BCUT2D eigenvalue weighted by Crippen LogP contribution is -2.16. The number of nitrogens with one attached hydrogen (secondary N) is 1. The highest BCUT2D eigenvalue weighted by Crippen LogP contribution is 2.17. The molecular weight excluding hydrogens is 154 g/mol. The summed E-state index contributed by atoms with van der Waals surface area (Å²) >= 11 is 0. The molecule has 0 aromatic heterocycles. The van der Waals surface area contributed by atoms with Gasteiger partial charge in [-0.1, -0.05) is 12.1 Å². The van der Waals surface area contributed by atoms with Crippen LogP contribution in [0.5, 0.6) is 5.75 Å². The lowest BCUT2D eigenvalue weighted by molar-refractivity contribution is 0.177. The highest BCUT2D eigenvalue weighted by Gasteiger charge is 2.05. The van der Waals surface area contributed by atoms with Crippen LogP contribution in [-0.2, 0) is 0 Å². The van der Waals surface area contributed by atoms with E-state index in [0.29, 0.717) is 0 Å². The van der Waals surface area contributed by atoms with Crippen LogP contribution < -0.4 is 5.32 Å². The van der Waals surface area contributed by atoms with Gasteiger partial charge in [-0.15, -0.1) is 0 Å². The summed E-state index contributed by atoms with van der Waals surface area (Å²) in [6, 6.07) is -1.90. The molecule has 0 aliphatic carbocycles. The summed E-state index contributed by atoms with van der Waals surface area (Å²) in [6.45, 7) is 0.105. The van der Waals surface area contributed by atoms with Crippen molar-refractivity contribution in [1.29, 1.82) is 0 Å². The van der Waals surface area contributed by atoms with Gasteiger partial charge in [0.2, 0.25) is 0 Å². The van der Waals surface area contributed by atoms with E-state index in [1.807, 2.05) is 0 Å². The van der Waals surface area contributed by atoms with Gasteiger partial charge in [-0.2, -0.15) is 0 Å². The highest BCUT2D eigenvalue weighted by molar-refractivity contribution is 5.28. The second-order valence-corrected chi connectivity index (χ2v) is 2.34. The van der Waals surface area contributed by atoms with E-state index in [1.54, 1.807) is 7.05 Å². The minimum atomic E-state index is -1.15. The molecule has 0 aliphatic heterocycles. The zero-order chi connectivity index (χ0) is 12.5. The maximum absolute atomic E-state index is 9.66. The molecule has 3 nitrogen and oxygen atoms in total. The van der Waals surface area contributed by atoms with E-state index in [1.165, 1.54) is 0 Å². The van der Waals surface area contributed by atoms with Gasteiger partial charge in [0.15, 0.2) is 0 Å². The predicted octanol–water partition coefficient (Wildman–Crippen LogP) is 0.645. The molecule has 0 heterocycles. The first-order valence-corrected chi connectivity index (χ1v) is 3.53. The fraction of sp³-hybridized carbons (Fsp3) is 0.333. The average Bonchev–Trinajstić information content (AvgIpc) is 2.24.